The van der Waals surface area contributed by atoms with Crippen LogP contribution in [0.15, 0.2) is 23.0 Å². The maximum absolute atomic E-state index is 12.5. The first-order chi connectivity index (χ1) is 13.6. The number of carbonyl (C=O) groups excluding carboxylic acids is 2. The second-order valence-corrected chi connectivity index (χ2v) is 8.26. The van der Waals surface area contributed by atoms with Crippen molar-refractivity contribution in [3.63, 3.8) is 0 Å². The minimum absolute atomic E-state index is 0.00612. The number of benzene rings is 1. The van der Waals surface area contributed by atoms with E-state index in [0.717, 1.165) is 48.1 Å². The molecule has 3 N–H and O–H groups in total. The molecule has 0 atom stereocenters. The average Bonchev–Trinajstić information content (AvgIpc) is 3.26. The third kappa shape index (κ3) is 2.90. The monoisotopic (exact) mass is 394 g/mol. The second-order valence-electron chi connectivity index (χ2n) is 7.17. The van der Waals surface area contributed by atoms with Gasteiger partial charge in [-0.3, -0.25) is 14.4 Å². The van der Waals surface area contributed by atoms with Crippen LogP contribution >= 0.6 is 11.3 Å². The molecular weight excluding hydrogens is 376 g/mol. The highest BCUT2D eigenvalue weighted by Gasteiger charge is 2.22. The van der Waals surface area contributed by atoms with Gasteiger partial charge in [-0.1, -0.05) is 12.1 Å². The highest BCUT2D eigenvalue weighted by molar-refractivity contribution is 7.18. The number of carbonyl (C=O) groups is 2. The summed E-state index contributed by atoms with van der Waals surface area (Å²) in [6, 6.07) is 5.77. The van der Waals surface area contributed by atoms with Gasteiger partial charge in [0.15, 0.2) is 0 Å². The first-order valence-corrected chi connectivity index (χ1v) is 10.1. The predicted molar refractivity (Wildman–Crippen MR) is 107 cm³/mol. The zero-order valence-corrected chi connectivity index (χ0v) is 15.9. The number of nitrogens with one attached hydrogen (secondary N) is 3. The lowest BCUT2D eigenvalue weighted by atomic mass is 10.0. The number of hydrogen-bond donors (Lipinski definition) is 3. The van der Waals surface area contributed by atoms with Gasteiger partial charge >= 0.3 is 0 Å². The number of rotatable bonds is 3. The van der Waals surface area contributed by atoms with Crippen molar-refractivity contribution < 1.29 is 9.59 Å². The van der Waals surface area contributed by atoms with E-state index in [0.29, 0.717) is 16.6 Å². The van der Waals surface area contributed by atoms with Crippen LogP contribution in [-0.2, 0) is 30.6 Å². The van der Waals surface area contributed by atoms with E-state index < -0.39 is 5.91 Å². The molecule has 0 spiro atoms. The molecule has 2 aliphatic rings. The molecule has 5 rings (SSSR count). The summed E-state index contributed by atoms with van der Waals surface area (Å²) in [6.07, 6.45) is 4.17. The molecule has 3 aromatic rings. The van der Waals surface area contributed by atoms with Crippen LogP contribution in [0.2, 0.25) is 0 Å². The Balaban J connectivity index is 1.35. The number of fused-ring (bicyclic) bond motifs is 4. The molecule has 1 aliphatic carbocycles. The van der Waals surface area contributed by atoms with Gasteiger partial charge in [0.2, 0.25) is 11.7 Å². The van der Waals surface area contributed by atoms with E-state index in [9.17, 15) is 14.4 Å². The molecule has 0 bridgehead atoms. The van der Waals surface area contributed by atoms with Crippen molar-refractivity contribution in [3.05, 3.63) is 55.9 Å². The fourth-order valence-electron chi connectivity index (χ4n) is 3.90. The number of hydrogen-bond acceptors (Lipinski definition) is 5. The lowest BCUT2D eigenvalue weighted by Crippen LogP contribution is -2.27. The van der Waals surface area contributed by atoms with Crippen molar-refractivity contribution in [2.75, 3.05) is 5.32 Å². The van der Waals surface area contributed by atoms with Crippen LogP contribution in [-0.4, -0.2) is 21.8 Å². The molecule has 2 aromatic heterocycles. The predicted octanol–water partition coefficient (Wildman–Crippen LogP) is 2.29. The van der Waals surface area contributed by atoms with Crippen molar-refractivity contribution in [2.24, 2.45) is 0 Å². The Kier molecular flexibility index (Phi) is 4.01. The molecule has 3 heterocycles. The minimum atomic E-state index is -0.422. The third-order valence-electron chi connectivity index (χ3n) is 5.31. The Bertz CT molecular complexity index is 1190. The zero-order chi connectivity index (χ0) is 19.3. The van der Waals surface area contributed by atoms with Gasteiger partial charge in [-0.05, 0) is 48.4 Å². The Labute approximate surface area is 164 Å². The van der Waals surface area contributed by atoms with Crippen molar-refractivity contribution in [1.82, 2.24) is 15.3 Å². The van der Waals surface area contributed by atoms with Crippen molar-refractivity contribution in [1.29, 1.82) is 0 Å². The molecule has 0 fully saturated rings. The molecule has 8 heteroatoms. The van der Waals surface area contributed by atoms with Crippen LogP contribution in [0, 0.1) is 0 Å². The summed E-state index contributed by atoms with van der Waals surface area (Å²) in [4.78, 5) is 45.4. The van der Waals surface area contributed by atoms with Crippen LogP contribution in [0.5, 0.6) is 0 Å². The Morgan fingerprint density at radius 1 is 1.18 bits per heavy atom. The van der Waals surface area contributed by atoms with E-state index in [4.69, 9.17) is 0 Å². The molecule has 0 saturated carbocycles. The van der Waals surface area contributed by atoms with Crippen LogP contribution in [0.1, 0.15) is 45.0 Å². The summed E-state index contributed by atoms with van der Waals surface area (Å²) in [7, 11) is 0. The van der Waals surface area contributed by atoms with E-state index in [-0.39, 0.29) is 23.8 Å². The lowest BCUT2D eigenvalue weighted by molar-refractivity contribution is -0.116. The van der Waals surface area contributed by atoms with Gasteiger partial charge in [0.1, 0.15) is 4.83 Å². The standard InChI is InChI=1S/C20H18N4O3S/c25-15-7-6-11-5-4-10(8-13(11)22-15)9-21-19(27)17-23-18(26)16-12-2-1-3-14(12)28-20(16)24-17/h4-5,8H,1-3,6-7,9H2,(H,21,27)(H,22,25)(H,23,24,26). The summed E-state index contributed by atoms with van der Waals surface area (Å²) in [5.41, 5.74) is 3.61. The number of anilines is 1. The number of aromatic amines is 1. The van der Waals surface area contributed by atoms with Crippen molar-refractivity contribution in [3.8, 4) is 0 Å². The molecule has 2 amide bonds. The summed E-state index contributed by atoms with van der Waals surface area (Å²) in [6.45, 7) is 0.282. The zero-order valence-electron chi connectivity index (χ0n) is 15.1. The number of aromatic nitrogens is 2. The van der Waals surface area contributed by atoms with Gasteiger partial charge < -0.3 is 15.6 Å². The summed E-state index contributed by atoms with van der Waals surface area (Å²) < 4.78 is 0. The van der Waals surface area contributed by atoms with Crippen LogP contribution in [0.3, 0.4) is 0 Å². The van der Waals surface area contributed by atoms with E-state index in [1.807, 2.05) is 18.2 Å². The average molecular weight is 394 g/mol. The second kappa shape index (κ2) is 6.56. The van der Waals surface area contributed by atoms with Gasteiger partial charge in [0.25, 0.3) is 11.5 Å². The third-order valence-corrected chi connectivity index (χ3v) is 6.50. The van der Waals surface area contributed by atoms with Gasteiger partial charge in [0.05, 0.1) is 5.39 Å². The number of amides is 2. The van der Waals surface area contributed by atoms with E-state index in [1.165, 1.54) is 16.2 Å². The van der Waals surface area contributed by atoms with E-state index >= 15 is 0 Å². The maximum atomic E-state index is 12.5. The smallest absolute Gasteiger partial charge is 0.287 e. The first-order valence-electron chi connectivity index (χ1n) is 9.33. The lowest BCUT2D eigenvalue weighted by Gasteiger charge is -2.17. The van der Waals surface area contributed by atoms with Gasteiger partial charge in [-0.2, -0.15) is 0 Å². The van der Waals surface area contributed by atoms with Crippen LogP contribution in [0.4, 0.5) is 5.69 Å². The number of aryl methyl sites for hydroxylation is 3. The Morgan fingerprint density at radius 2 is 2.07 bits per heavy atom. The fourth-order valence-corrected chi connectivity index (χ4v) is 5.17. The molecule has 0 radical (unpaired) electrons. The van der Waals surface area contributed by atoms with Gasteiger partial charge in [0, 0.05) is 23.5 Å². The highest BCUT2D eigenvalue weighted by Crippen LogP contribution is 2.34. The molecule has 1 aromatic carbocycles. The summed E-state index contributed by atoms with van der Waals surface area (Å²) >= 11 is 1.51. The Hall–Kier alpha value is -3.00. The summed E-state index contributed by atoms with van der Waals surface area (Å²) in [5.74, 6) is -0.385. The largest absolute Gasteiger partial charge is 0.345 e. The topological polar surface area (TPSA) is 104 Å². The molecule has 28 heavy (non-hydrogen) atoms. The molecule has 0 unspecified atom stereocenters. The normalized spacial score (nSPS) is 15.2. The van der Waals surface area contributed by atoms with E-state index in [1.54, 1.807) is 0 Å². The maximum Gasteiger partial charge on any atom is 0.287 e. The van der Waals surface area contributed by atoms with Crippen LogP contribution in [0.25, 0.3) is 10.2 Å². The first kappa shape index (κ1) is 17.1. The quantitative estimate of drug-likeness (QED) is 0.634. The molecule has 7 nitrogen and oxygen atoms in total. The van der Waals surface area contributed by atoms with Gasteiger partial charge in [-0.25, -0.2) is 4.98 Å². The highest BCUT2D eigenvalue weighted by atomic mass is 32.1. The molecule has 0 saturated heterocycles. The molecule has 1 aliphatic heterocycles. The van der Waals surface area contributed by atoms with Gasteiger partial charge in [-0.15, -0.1) is 11.3 Å². The van der Waals surface area contributed by atoms with E-state index in [2.05, 4.69) is 20.6 Å². The number of nitrogens with zero attached hydrogens (tertiary/aromatic N) is 1. The fraction of sp³-hybridized carbons (Fsp3) is 0.300. The Morgan fingerprint density at radius 3 is 2.96 bits per heavy atom. The number of H-pyrrole nitrogens is 1. The SMILES string of the molecule is O=C1CCc2ccc(CNC(=O)c3nc4sc5c(c4c(=O)[nH]3)CCC5)cc2N1. The van der Waals surface area contributed by atoms with Crippen molar-refractivity contribution >= 4 is 39.1 Å². The molecular formula is C20H18N4O3S. The number of thiophene rings is 1. The van der Waals surface area contributed by atoms with Crippen molar-refractivity contribution in [2.45, 2.75) is 38.6 Å². The minimum Gasteiger partial charge on any atom is -0.345 e. The summed E-state index contributed by atoms with van der Waals surface area (Å²) in [5, 5.41) is 6.29. The molecule has 142 valence electrons. The van der Waals surface area contributed by atoms with Crippen LogP contribution < -0.4 is 16.2 Å².